The van der Waals surface area contributed by atoms with Gasteiger partial charge in [0.15, 0.2) is 5.82 Å². The molecule has 0 radical (unpaired) electrons. The lowest BCUT2D eigenvalue weighted by Crippen LogP contribution is -2.36. The van der Waals surface area contributed by atoms with Crippen molar-refractivity contribution in [3.05, 3.63) is 57.6 Å². The first-order valence-corrected chi connectivity index (χ1v) is 12.2. The van der Waals surface area contributed by atoms with E-state index in [0.29, 0.717) is 12.2 Å². The second kappa shape index (κ2) is 18.5. The van der Waals surface area contributed by atoms with Crippen LogP contribution in [0.2, 0.25) is 0 Å². The predicted octanol–water partition coefficient (Wildman–Crippen LogP) is 1.36. The van der Waals surface area contributed by atoms with Crippen molar-refractivity contribution >= 4 is 29.6 Å². The van der Waals surface area contributed by atoms with E-state index in [1.807, 2.05) is 0 Å². The third-order valence-electron chi connectivity index (χ3n) is 4.86. The molecule has 20 heteroatoms. The lowest BCUT2D eigenvalue weighted by atomic mass is 10.1. The van der Waals surface area contributed by atoms with Gasteiger partial charge in [-0.2, -0.15) is 26.3 Å². The number of oxime groups is 1. The molecule has 0 unspecified atom stereocenters. The van der Waals surface area contributed by atoms with Crippen LogP contribution in [0.25, 0.3) is 0 Å². The topological polar surface area (TPSA) is 224 Å². The van der Waals surface area contributed by atoms with Crippen LogP contribution in [-0.2, 0) is 38.6 Å². The number of halogens is 6. The number of benzene rings is 1. The number of amides is 1. The molecule has 0 fully saturated rings. The summed E-state index contributed by atoms with van der Waals surface area (Å²) in [5.74, 6) is -5.82. The van der Waals surface area contributed by atoms with Gasteiger partial charge in [-0.1, -0.05) is 31.2 Å². The van der Waals surface area contributed by atoms with Crippen LogP contribution >= 0.6 is 0 Å². The van der Waals surface area contributed by atoms with Gasteiger partial charge in [0.05, 0.1) is 6.54 Å². The van der Waals surface area contributed by atoms with Crippen molar-refractivity contribution < 1.29 is 55.8 Å². The first-order valence-electron chi connectivity index (χ1n) is 12.2. The van der Waals surface area contributed by atoms with Crippen molar-refractivity contribution in [2.75, 3.05) is 25.0 Å². The van der Waals surface area contributed by atoms with Crippen LogP contribution < -0.4 is 27.7 Å². The quantitative estimate of drug-likeness (QED) is 0.0674. The highest BCUT2D eigenvalue weighted by atomic mass is 19.4. The maximum absolute atomic E-state index is 12.7. The van der Waals surface area contributed by atoms with Crippen molar-refractivity contribution in [3.8, 4) is 0 Å². The Labute approximate surface area is 245 Å². The van der Waals surface area contributed by atoms with Gasteiger partial charge in [0.25, 0.3) is 5.56 Å². The molecule has 1 amide bonds. The Bertz CT molecular complexity index is 1290. The van der Waals surface area contributed by atoms with E-state index in [9.17, 15) is 35.9 Å². The number of aromatic nitrogens is 2. The van der Waals surface area contributed by atoms with Crippen LogP contribution in [0.15, 0.2) is 40.4 Å². The zero-order valence-electron chi connectivity index (χ0n) is 23.3. The standard InChI is InChI=1S/C20H29N7O3.2C2HF3O2/c1-3-15-4-6-16(7-5-15)8-9-24-18-19(29)27(14(2)12-25-18)13-17(28)23-10-11-30-26-20(21)22;2*3-2(4,5)1(6)7/h4-7,12H,3,8-11,13H2,1-2H3,(H,23,28)(H,24,25)(H4,21,22,26);2*(H,6,7). The Morgan fingerprint density at radius 1 is 0.977 bits per heavy atom. The third kappa shape index (κ3) is 16.4. The zero-order valence-corrected chi connectivity index (χ0v) is 23.3. The molecule has 8 N–H and O–H groups in total. The van der Waals surface area contributed by atoms with Crippen LogP contribution in [-0.4, -0.2) is 75.6 Å². The van der Waals surface area contributed by atoms with Crippen molar-refractivity contribution in [1.29, 1.82) is 0 Å². The lowest BCUT2D eigenvalue weighted by Gasteiger charge is -2.12. The first-order chi connectivity index (χ1) is 20.3. The Hall–Kier alpha value is -5.04. The SMILES string of the molecule is CCc1ccc(CCNc2ncc(C)n(CC(=O)NCCON=C(N)N)c2=O)cc1.O=C(O)C(F)(F)F.O=C(O)C(F)(F)F. The summed E-state index contributed by atoms with van der Waals surface area (Å²) in [6.45, 7) is 4.60. The number of carboxylic acids is 2. The molecular weight excluding hydrogens is 612 g/mol. The van der Waals surface area contributed by atoms with Crippen LogP contribution in [0.4, 0.5) is 32.2 Å². The van der Waals surface area contributed by atoms with Crippen LogP contribution in [0.3, 0.4) is 0 Å². The minimum absolute atomic E-state index is 0.111. The second-order valence-electron chi connectivity index (χ2n) is 8.29. The van der Waals surface area contributed by atoms with Gasteiger partial charge in [-0.3, -0.25) is 14.2 Å². The molecule has 0 aliphatic carbocycles. The molecule has 14 nitrogen and oxygen atoms in total. The Kier molecular flexibility index (Phi) is 16.4. The largest absolute Gasteiger partial charge is 0.490 e. The van der Waals surface area contributed by atoms with E-state index < -0.39 is 24.3 Å². The molecule has 0 saturated heterocycles. The molecule has 44 heavy (non-hydrogen) atoms. The van der Waals surface area contributed by atoms with Gasteiger partial charge in [0, 0.05) is 18.4 Å². The molecule has 0 spiro atoms. The summed E-state index contributed by atoms with van der Waals surface area (Å²) in [6, 6.07) is 8.38. The second-order valence-corrected chi connectivity index (χ2v) is 8.29. The fraction of sp³-hybridized carbons (Fsp3) is 0.417. The van der Waals surface area contributed by atoms with Crippen molar-refractivity contribution in [1.82, 2.24) is 14.9 Å². The number of carboxylic acid groups (broad SMARTS) is 2. The van der Waals surface area contributed by atoms with Crippen LogP contribution in [0, 0.1) is 6.92 Å². The zero-order chi connectivity index (χ0) is 34.1. The number of carbonyl (C=O) groups is 3. The number of carbonyl (C=O) groups excluding carboxylic acids is 1. The van der Waals surface area contributed by atoms with Gasteiger partial charge >= 0.3 is 24.3 Å². The van der Waals surface area contributed by atoms with Gasteiger partial charge in [-0.15, -0.1) is 0 Å². The summed E-state index contributed by atoms with van der Waals surface area (Å²) < 4.78 is 64.8. The molecule has 0 atom stereocenters. The molecule has 1 aromatic carbocycles. The van der Waals surface area contributed by atoms with Gasteiger partial charge in [-0.25, -0.2) is 14.6 Å². The molecule has 246 valence electrons. The van der Waals surface area contributed by atoms with E-state index in [-0.39, 0.29) is 42.9 Å². The third-order valence-corrected chi connectivity index (χ3v) is 4.86. The predicted molar refractivity (Wildman–Crippen MR) is 143 cm³/mol. The van der Waals surface area contributed by atoms with E-state index >= 15 is 0 Å². The number of rotatable bonds is 11. The number of anilines is 1. The number of nitrogens with two attached hydrogens (primary N) is 2. The van der Waals surface area contributed by atoms with Crippen molar-refractivity contribution in [2.24, 2.45) is 16.6 Å². The molecule has 2 aromatic rings. The van der Waals surface area contributed by atoms with Crippen molar-refractivity contribution in [2.45, 2.75) is 45.6 Å². The number of nitrogens with one attached hydrogen (secondary N) is 2. The fourth-order valence-corrected chi connectivity index (χ4v) is 2.71. The van der Waals surface area contributed by atoms with Crippen LogP contribution in [0.1, 0.15) is 23.7 Å². The summed E-state index contributed by atoms with van der Waals surface area (Å²) in [4.78, 5) is 51.6. The van der Waals surface area contributed by atoms with E-state index in [1.165, 1.54) is 15.7 Å². The smallest absolute Gasteiger partial charge is 0.475 e. The first kappa shape index (κ1) is 39.0. The summed E-state index contributed by atoms with van der Waals surface area (Å²) >= 11 is 0. The summed E-state index contributed by atoms with van der Waals surface area (Å²) in [7, 11) is 0. The monoisotopic (exact) mass is 643 g/mol. The van der Waals surface area contributed by atoms with E-state index in [2.05, 4.69) is 52.0 Å². The molecule has 2 rings (SSSR count). The summed E-state index contributed by atoms with van der Waals surface area (Å²) in [5.41, 5.74) is 13.0. The molecule has 1 heterocycles. The number of hydrogen-bond donors (Lipinski definition) is 6. The highest BCUT2D eigenvalue weighted by Gasteiger charge is 2.38. The molecule has 0 aliphatic rings. The van der Waals surface area contributed by atoms with E-state index in [0.717, 1.165) is 12.8 Å². The Morgan fingerprint density at radius 2 is 1.48 bits per heavy atom. The van der Waals surface area contributed by atoms with E-state index in [1.54, 1.807) is 13.1 Å². The molecule has 0 bridgehead atoms. The molecule has 0 aliphatic heterocycles. The maximum atomic E-state index is 12.7. The molecule has 0 saturated carbocycles. The van der Waals surface area contributed by atoms with Crippen molar-refractivity contribution in [3.63, 3.8) is 0 Å². The molecule has 1 aromatic heterocycles. The van der Waals surface area contributed by atoms with Gasteiger partial charge in [0.2, 0.25) is 11.9 Å². The minimum atomic E-state index is -5.08. The Balaban J connectivity index is 0.00000109. The maximum Gasteiger partial charge on any atom is 0.490 e. The average Bonchev–Trinajstić information content (AvgIpc) is 2.92. The number of nitrogens with zero attached hydrogens (tertiary/aromatic N) is 3. The van der Waals surface area contributed by atoms with Gasteiger partial charge in [-0.05, 0) is 36.0 Å². The Morgan fingerprint density at radius 3 is 1.93 bits per heavy atom. The number of hydrogen-bond acceptors (Lipinski definition) is 8. The lowest BCUT2D eigenvalue weighted by molar-refractivity contribution is -0.193. The van der Waals surface area contributed by atoms with E-state index in [4.69, 9.17) is 36.1 Å². The number of alkyl halides is 6. The van der Waals surface area contributed by atoms with Gasteiger partial charge < -0.3 is 37.2 Å². The highest BCUT2D eigenvalue weighted by Crippen LogP contribution is 2.13. The molecular formula is C24H31F6N7O7. The summed E-state index contributed by atoms with van der Waals surface area (Å²) in [5, 5.41) is 23.3. The number of guanidine groups is 1. The minimum Gasteiger partial charge on any atom is -0.475 e. The normalized spacial score (nSPS) is 10.6. The number of aryl methyl sites for hydroxylation is 2. The fourth-order valence-electron chi connectivity index (χ4n) is 2.71. The number of aliphatic carboxylic acids is 2. The van der Waals surface area contributed by atoms with Crippen LogP contribution in [0.5, 0.6) is 0 Å². The van der Waals surface area contributed by atoms with Gasteiger partial charge in [0.1, 0.15) is 13.2 Å². The average molecular weight is 644 g/mol. The summed E-state index contributed by atoms with van der Waals surface area (Å²) in [6.07, 6.45) is -6.84. The highest BCUT2D eigenvalue weighted by molar-refractivity contribution is 5.76.